The Labute approximate surface area is 543 Å². The summed E-state index contributed by atoms with van der Waals surface area (Å²) in [4.78, 5) is 12.0. The molecule has 8 aromatic rings. The van der Waals surface area contributed by atoms with Crippen LogP contribution in [0.2, 0.25) is 0 Å². The van der Waals surface area contributed by atoms with Crippen molar-refractivity contribution in [3.63, 3.8) is 0 Å². The molecule has 4 aromatic heterocycles. The van der Waals surface area contributed by atoms with Gasteiger partial charge in [-0.2, -0.15) is 0 Å². The molecule has 80 heavy (non-hydrogen) atoms. The van der Waals surface area contributed by atoms with E-state index in [2.05, 4.69) is 19.9 Å². The van der Waals surface area contributed by atoms with E-state index in [1.54, 1.807) is 48.5 Å². The summed E-state index contributed by atoms with van der Waals surface area (Å²) in [7, 11) is -19.2. The third-order valence-corrected chi connectivity index (χ3v) is 14.0. The van der Waals surface area contributed by atoms with Gasteiger partial charge in [0.05, 0.1) is 19.6 Å². The van der Waals surface area contributed by atoms with Gasteiger partial charge in [0.1, 0.15) is 40.5 Å². The Morgan fingerprint density at radius 1 is 0.225 bits per heavy atom. The van der Waals surface area contributed by atoms with Crippen molar-refractivity contribution in [1.82, 2.24) is 19.9 Å². The summed E-state index contributed by atoms with van der Waals surface area (Å²) in [5, 5.41) is 1.97. The van der Waals surface area contributed by atoms with E-state index < -0.39 is 60.1 Å². The van der Waals surface area contributed by atoms with Gasteiger partial charge in [-0.15, -0.1) is 0 Å². The summed E-state index contributed by atoms with van der Waals surface area (Å²) in [6.45, 7) is 0. The van der Waals surface area contributed by atoms with Gasteiger partial charge in [0, 0.05) is 66.5 Å². The largest absolute Gasteiger partial charge is 1.00 e. The van der Waals surface area contributed by atoms with Crippen LogP contribution in [0, 0.1) is 0 Å². The standard InChI is InChI=1S/C44H32N4O12S4.4Na.12H2O/c49-61(50,51)29-9-1-25(2-10-29)41-33-17-19-35(45-33)42(26-3-11-30(12-4-26)62(52,53)54)37-21-23-39(47-37)44(28-7-15-32(16-8-28)64(58,59)60)40-24-22-38(48-40)43(36-20-18-34(41)46-36)27-5-13-31(14-6-27)63(55,56)57;;;;;;;;;;;;;;;;/h1-24,45-48H,(H,49,50,51)(H,52,53,54)(H,55,56,57)(H,58,59,60);;;;;12*1H2/q;4*+1;;;;;;;;;;;;/p-4. The molecule has 0 saturated carbocycles. The summed E-state index contributed by atoms with van der Waals surface area (Å²) in [6.07, 6.45) is 0. The molecule has 0 atom stereocenters. The predicted molar refractivity (Wildman–Crippen MR) is 269 cm³/mol. The van der Waals surface area contributed by atoms with Crippen LogP contribution in [0.3, 0.4) is 0 Å². The second kappa shape index (κ2) is 35.7. The number of benzene rings is 4. The maximum atomic E-state index is 11.9. The van der Waals surface area contributed by atoms with Gasteiger partial charge in [-0.3, -0.25) is 0 Å². The Kier molecular flexibility index (Phi) is 41.5. The van der Waals surface area contributed by atoms with E-state index in [0.29, 0.717) is 88.7 Å². The van der Waals surface area contributed by atoms with E-state index in [0.717, 1.165) is 0 Å². The van der Waals surface area contributed by atoms with Crippen LogP contribution in [0.1, 0.15) is 45.0 Å². The molecule has 0 fully saturated rings. The molecule has 0 radical (unpaired) electrons. The monoisotopic (exact) mass is 1240 g/mol. The number of H-pyrrole nitrogens is 4. The fraction of sp³-hybridized carbons (Fsp3) is 0. The Bertz CT molecular complexity index is 3440. The van der Waals surface area contributed by atoms with Crippen LogP contribution in [0.4, 0.5) is 0 Å². The second-order valence-electron chi connectivity index (χ2n) is 14.6. The maximum absolute atomic E-state index is 11.9. The average Bonchev–Trinajstić information content (AvgIpc) is 4.08. The zero-order chi connectivity index (χ0) is 45.3. The topological polar surface area (TPSA) is 670 Å². The molecule has 4 aromatic carbocycles. The van der Waals surface area contributed by atoms with Crippen LogP contribution in [-0.4, -0.2) is 138 Å². The number of hydrogen-bond donors (Lipinski definition) is 4. The van der Waals surface area contributed by atoms with E-state index >= 15 is 0 Å². The maximum Gasteiger partial charge on any atom is 1.00 e. The Morgan fingerprint density at radius 3 is 0.512 bits per heavy atom. The number of rotatable bonds is 8. The minimum atomic E-state index is -4.80. The second-order valence-corrected chi connectivity index (χ2v) is 20.1. The van der Waals surface area contributed by atoms with Gasteiger partial charge in [-0.25, -0.2) is 33.7 Å². The molecule has 9 rings (SSSR count). The van der Waals surface area contributed by atoms with Crippen molar-refractivity contribution in [2.45, 2.75) is 19.6 Å². The van der Waals surface area contributed by atoms with Gasteiger partial charge in [-0.1, -0.05) is 48.5 Å². The van der Waals surface area contributed by atoms with Crippen LogP contribution in [0.15, 0.2) is 165 Å². The van der Waals surface area contributed by atoms with Gasteiger partial charge < -0.3 is 104 Å². The van der Waals surface area contributed by atoms with Crippen LogP contribution < -0.4 is 140 Å². The number of nitrogens with one attached hydrogen (secondary N) is 4. The molecule has 0 saturated heterocycles. The molecule has 28 nitrogen and oxygen atoms in total. The molecular formula is C44H52N4Na4O24S4. The first-order valence-electron chi connectivity index (χ1n) is 18.7. The smallest absolute Gasteiger partial charge is 0.744 e. The van der Waals surface area contributed by atoms with E-state index in [1.807, 2.05) is 0 Å². The molecule has 1 aliphatic heterocycles. The molecule has 0 aliphatic carbocycles. The van der Waals surface area contributed by atoms with Crippen molar-refractivity contribution >= 4 is 62.8 Å². The van der Waals surface area contributed by atoms with Crippen LogP contribution in [0.25, 0.3) is 22.3 Å². The molecule has 1 aliphatic rings. The average molecular weight is 1240 g/mol. The van der Waals surface area contributed by atoms with E-state index in [1.165, 1.54) is 97.1 Å². The first kappa shape index (κ1) is 93.1. The molecular weight excluding hydrogens is 1190 g/mol. The van der Waals surface area contributed by atoms with Crippen LogP contribution in [0.5, 0.6) is 0 Å². The fourth-order valence-corrected chi connectivity index (χ4v) is 9.60. The third kappa shape index (κ3) is 19.3. The first-order chi connectivity index (χ1) is 30.2. The molecule has 0 amide bonds. The zero-order valence-corrected chi connectivity index (χ0v) is 53.7. The molecule has 8 bridgehead atoms. The Hall–Kier alpha value is -3.36. The molecule has 0 unspecified atom stereocenters. The summed E-state index contributed by atoms with van der Waals surface area (Å²) >= 11 is 0. The summed E-state index contributed by atoms with van der Waals surface area (Å²) in [5.74, 6) is 0. The number of aromatic amines is 4. The quantitative estimate of drug-likeness (QED) is 0.0814. The summed E-state index contributed by atoms with van der Waals surface area (Å²) < 4.78 is 143. The SMILES string of the molecule is O.O.O.O.O.O.O.O.O.O.O.O.O=S(=O)([O-])c1ccc(C2=c3ccc([nH]3)=C(c3ccc(S(=O)(=O)[O-])cc3)c3ccc([nH]3)C(c3ccc(S(=O)(=O)[O-])cc3)=c3ccc([nH]3)=C(c3ccc(S(=O)(=O)[O-])cc3)c3ccc2[nH]3)cc1.[Na+].[Na+].[Na+].[Na+]. The van der Waals surface area contributed by atoms with Gasteiger partial charge in [0.15, 0.2) is 0 Å². The van der Waals surface area contributed by atoms with E-state index in [4.69, 9.17) is 0 Å². The number of hydrogen-bond acceptors (Lipinski definition) is 12. The van der Waals surface area contributed by atoms with Crippen molar-refractivity contribution in [2.75, 3.05) is 0 Å². The van der Waals surface area contributed by atoms with Gasteiger partial charge in [0.25, 0.3) is 0 Å². The molecule has 28 N–H and O–H groups in total. The van der Waals surface area contributed by atoms with Crippen molar-refractivity contribution in [3.8, 4) is 0 Å². The van der Waals surface area contributed by atoms with E-state index in [-0.39, 0.29) is 184 Å². The number of fused-ring (bicyclic) bond motifs is 8. The fourth-order valence-electron chi connectivity index (χ4n) is 7.72. The minimum absolute atomic E-state index is 0. The molecule has 36 heteroatoms. The normalized spacial score (nSPS) is 10.9. The molecule has 0 spiro atoms. The van der Waals surface area contributed by atoms with Crippen molar-refractivity contribution < 1.29 is 236 Å². The van der Waals surface area contributed by atoms with Crippen molar-refractivity contribution in [1.29, 1.82) is 0 Å². The van der Waals surface area contributed by atoms with Crippen molar-refractivity contribution in [2.24, 2.45) is 0 Å². The van der Waals surface area contributed by atoms with Crippen LogP contribution in [-0.2, 0) is 40.5 Å². The number of aromatic nitrogens is 4. The molecule has 5 heterocycles. The summed E-state index contributed by atoms with van der Waals surface area (Å²) in [5.41, 5.74) is 5.93. The van der Waals surface area contributed by atoms with Gasteiger partial charge >= 0.3 is 118 Å². The van der Waals surface area contributed by atoms with Crippen LogP contribution >= 0.6 is 0 Å². The first-order valence-corrected chi connectivity index (χ1v) is 24.4. The molecule has 420 valence electrons. The van der Waals surface area contributed by atoms with E-state index in [9.17, 15) is 51.9 Å². The zero-order valence-electron chi connectivity index (χ0n) is 42.4. The van der Waals surface area contributed by atoms with Crippen molar-refractivity contribution in [3.05, 3.63) is 212 Å². The Morgan fingerprint density at radius 2 is 0.375 bits per heavy atom. The predicted octanol–water partition coefficient (Wildman–Crippen LogP) is -20.0. The summed E-state index contributed by atoms with van der Waals surface area (Å²) in [6, 6.07) is 35.4. The third-order valence-electron chi connectivity index (χ3n) is 10.6. The van der Waals surface area contributed by atoms with Gasteiger partial charge in [-0.05, 0) is 119 Å². The minimum Gasteiger partial charge on any atom is -0.744 e. The Balaban J connectivity index is -0.000000540. The van der Waals surface area contributed by atoms with Gasteiger partial charge in [0.2, 0.25) is 0 Å².